The molecule has 0 saturated carbocycles. The highest BCUT2D eigenvalue weighted by atomic mass is 32.1. The Bertz CT molecular complexity index is 708. The zero-order chi connectivity index (χ0) is 15.1. The van der Waals surface area contributed by atoms with Crippen LogP contribution in [0.3, 0.4) is 0 Å². The van der Waals surface area contributed by atoms with E-state index in [0.717, 1.165) is 28.5 Å². The van der Waals surface area contributed by atoms with Gasteiger partial charge in [-0.15, -0.1) is 11.3 Å². The van der Waals surface area contributed by atoms with Crippen LogP contribution in [0.5, 0.6) is 0 Å². The van der Waals surface area contributed by atoms with Gasteiger partial charge in [0.15, 0.2) is 5.13 Å². The minimum atomic E-state index is 0.108. The number of fused-ring (bicyclic) bond motifs is 1. The molecule has 3 rings (SSSR count). The van der Waals surface area contributed by atoms with E-state index in [1.165, 1.54) is 10.4 Å². The number of thiazole rings is 1. The van der Waals surface area contributed by atoms with Crippen LogP contribution in [0, 0.1) is 6.92 Å². The molecular weight excluding hydrogens is 282 g/mol. The maximum absolute atomic E-state index is 11.8. The number of amides is 1. The van der Waals surface area contributed by atoms with E-state index in [-0.39, 0.29) is 11.9 Å². The summed E-state index contributed by atoms with van der Waals surface area (Å²) in [7, 11) is 1.89. The summed E-state index contributed by atoms with van der Waals surface area (Å²) >= 11 is 1.66. The van der Waals surface area contributed by atoms with Crippen LogP contribution >= 0.6 is 11.3 Å². The van der Waals surface area contributed by atoms with E-state index in [1.807, 2.05) is 18.0 Å². The number of aryl methyl sites for hydroxylation is 1. The lowest BCUT2D eigenvalue weighted by Crippen LogP contribution is -2.33. The number of hydrogen-bond donors (Lipinski definition) is 1. The molecule has 4 nitrogen and oxygen atoms in total. The van der Waals surface area contributed by atoms with Crippen molar-refractivity contribution < 1.29 is 4.79 Å². The molecule has 1 N–H and O–H groups in total. The predicted octanol–water partition coefficient (Wildman–Crippen LogP) is 3.46. The molecule has 0 bridgehead atoms. The van der Waals surface area contributed by atoms with Gasteiger partial charge in [0.2, 0.25) is 5.91 Å². The second-order valence-electron chi connectivity index (χ2n) is 5.46. The van der Waals surface area contributed by atoms with Crippen LogP contribution in [0.25, 0.3) is 11.3 Å². The predicted molar refractivity (Wildman–Crippen MR) is 88.2 cm³/mol. The van der Waals surface area contributed by atoms with Crippen molar-refractivity contribution in [3.05, 3.63) is 28.6 Å². The first kappa shape index (κ1) is 14.1. The number of nitrogens with one attached hydrogen (secondary N) is 1. The van der Waals surface area contributed by atoms with Gasteiger partial charge in [-0.2, -0.15) is 0 Å². The molecule has 1 aliphatic rings. The SMILES string of the molecule is CNc1nc(-c2ccc3c(c2)CC(C)N3C(C)=O)c(C)s1. The maximum Gasteiger partial charge on any atom is 0.224 e. The molecule has 1 aromatic heterocycles. The van der Waals surface area contributed by atoms with Crippen LogP contribution in [-0.4, -0.2) is 24.0 Å². The molecule has 2 aromatic rings. The Kier molecular flexibility index (Phi) is 3.45. The normalized spacial score (nSPS) is 17.0. The van der Waals surface area contributed by atoms with Crippen LogP contribution < -0.4 is 10.2 Å². The number of aromatic nitrogens is 1. The van der Waals surface area contributed by atoms with E-state index in [0.29, 0.717) is 0 Å². The number of rotatable bonds is 2. The largest absolute Gasteiger partial charge is 0.365 e. The van der Waals surface area contributed by atoms with E-state index in [9.17, 15) is 4.79 Å². The zero-order valence-electron chi connectivity index (χ0n) is 12.7. The fourth-order valence-corrected chi connectivity index (χ4v) is 3.82. The Morgan fingerprint density at radius 1 is 1.48 bits per heavy atom. The molecule has 0 aliphatic carbocycles. The van der Waals surface area contributed by atoms with Crippen LogP contribution in [0.1, 0.15) is 24.3 Å². The lowest BCUT2D eigenvalue weighted by atomic mass is 10.0. The van der Waals surface area contributed by atoms with Gasteiger partial charge >= 0.3 is 0 Å². The highest BCUT2D eigenvalue weighted by molar-refractivity contribution is 7.15. The fraction of sp³-hybridized carbons (Fsp3) is 0.375. The van der Waals surface area contributed by atoms with E-state index in [1.54, 1.807) is 18.3 Å². The average Bonchev–Trinajstić information content (AvgIpc) is 2.96. The van der Waals surface area contributed by atoms with Crippen LogP contribution in [0.15, 0.2) is 18.2 Å². The van der Waals surface area contributed by atoms with Crippen molar-refractivity contribution in [1.29, 1.82) is 0 Å². The molecule has 21 heavy (non-hydrogen) atoms. The third-order valence-electron chi connectivity index (χ3n) is 3.92. The minimum absolute atomic E-state index is 0.108. The Labute approximate surface area is 128 Å². The van der Waals surface area contributed by atoms with E-state index in [4.69, 9.17) is 0 Å². The first-order valence-corrected chi connectivity index (χ1v) is 7.91. The van der Waals surface area contributed by atoms with Gasteiger partial charge < -0.3 is 10.2 Å². The van der Waals surface area contributed by atoms with Crippen molar-refractivity contribution in [3.63, 3.8) is 0 Å². The van der Waals surface area contributed by atoms with Gasteiger partial charge in [0.25, 0.3) is 0 Å². The van der Waals surface area contributed by atoms with Crippen molar-refractivity contribution in [2.24, 2.45) is 0 Å². The standard InChI is InChI=1S/C16H19N3OS/c1-9-7-13-8-12(5-6-14(13)19(9)11(3)20)15-10(2)21-16(17-4)18-15/h5-6,8-9H,7H2,1-4H3,(H,17,18). The molecular formula is C16H19N3OS. The Hall–Kier alpha value is -1.88. The molecule has 1 atom stereocenters. The van der Waals surface area contributed by atoms with Gasteiger partial charge in [-0.25, -0.2) is 4.98 Å². The zero-order valence-corrected chi connectivity index (χ0v) is 13.5. The number of carbonyl (C=O) groups is 1. The van der Waals surface area contributed by atoms with Crippen molar-refractivity contribution in [2.45, 2.75) is 33.2 Å². The number of nitrogens with zero attached hydrogens (tertiary/aromatic N) is 2. The highest BCUT2D eigenvalue weighted by Gasteiger charge is 2.29. The van der Waals surface area contributed by atoms with Gasteiger partial charge in [-0.05, 0) is 38.0 Å². The summed E-state index contributed by atoms with van der Waals surface area (Å²) in [5.41, 5.74) is 4.43. The third-order valence-corrected chi connectivity index (χ3v) is 4.91. The Balaban J connectivity index is 2.03. The molecule has 1 aliphatic heterocycles. The van der Waals surface area contributed by atoms with Gasteiger partial charge in [0.1, 0.15) is 0 Å². The second kappa shape index (κ2) is 5.15. The second-order valence-corrected chi connectivity index (χ2v) is 6.66. The van der Waals surface area contributed by atoms with Gasteiger partial charge in [0, 0.05) is 36.1 Å². The summed E-state index contributed by atoms with van der Waals surface area (Å²) in [4.78, 5) is 19.5. The molecule has 0 spiro atoms. The lowest BCUT2D eigenvalue weighted by Gasteiger charge is -2.20. The van der Waals surface area contributed by atoms with Crippen molar-refractivity contribution in [3.8, 4) is 11.3 Å². The van der Waals surface area contributed by atoms with E-state index >= 15 is 0 Å². The Morgan fingerprint density at radius 2 is 2.24 bits per heavy atom. The first-order chi connectivity index (χ1) is 10.0. The molecule has 0 fully saturated rings. The summed E-state index contributed by atoms with van der Waals surface area (Å²) in [6, 6.07) is 6.52. The summed E-state index contributed by atoms with van der Waals surface area (Å²) in [6.45, 7) is 5.81. The summed E-state index contributed by atoms with van der Waals surface area (Å²) < 4.78 is 0. The molecule has 1 aromatic carbocycles. The summed E-state index contributed by atoms with van der Waals surface area (Å²) in [5, 5.41) is 4.03. The van der Waals surface area contributed by atoms with Crippen LogP contribution in [0.2, 0.25) is 0 Å². The molecule has 0 saturated heterocycles. The minimum Gasteiger partial charge on any atom is -0.365 e. The molecule has 1 amide bonds. The molecule has 1 unspecified atom stereocenters. The maximum atomic E-state index is 11.8. The number of hydrogen-bond acceptors (Lipinski definition) is 4. The molecule has 2 heterocycles. The topological polar surface area (TPSA) is 45.2 Å². The highest BCUT2D eigenvalue weighted by Crippen LogP contribution is 2.37. The third kappa shape index (κ3) is 2.31. The number of anilines is 2. The summed E-state index contributed by atoms with van der Waals surface area (Å²) in [6.07, 6.45) is 0.908. The summed E-state index contributed by atoms with van der Waals surface area (Å²) in [5.74, 6) is 0.108. The van der Waals surface area contributed by atoms with Gasteiger partial charge in [-0.3, -0.25) is 4.79 Å². The molecule has 0 radical (unpaired) electrons. The van der Waals surface area contributed by atoms with Crippen LogP contribution in [-0.2, 0) is 11.2 Å². The fourth-order valence-electron chi connectivity index (χ4n) is 3.03. The van der Waals surface area contributed by atoms with Crippen molar-refractivity contribution >= 4 is 28.1 Å². The first-order valence-electron chi connectivity index (χ1n) is 7.09. The quantitative estimate of drug-likeness (QED) is 0.924. The van der Waals surface area contributed by atoms with Crippen molar-refractivity contribution in [2.75, 3.05) is 17.3 Å². The smallest absolute Gasteiger partial charge is 0.224 e. The lowest BCUT2D eigenvalue weighted by molar-refractivity contribution is -0.116. The van der Waals surface area contributed by atoms with E-state index in [2.05, 4.69) is 36.3 Å². The van der Waals surface area contributed by atoms with E-state index < -0.39 is 0 Å². The van der Waals surface area contributed by atoms with Gasteiger partial charge in [0.05, 0.1) is 5.69 Å². The van der Waals surface area contributed by atoms with Crippen molar-refractivity contribution in [1.82, 2.24) is 4.98 Å². The monoisotopic (exact) mass is 301 g/mol. The van der Waals surface area contributed by atoms with Crippen LogP contribution in [0.4, 0.5) is 10.8 Å². The molecule has 5 heteroatoms. The van der Waals surface area contributed by atoms with Gasteiger partial charge in [-0.1, -0.05) is 6.07 Å². The molecule has 110 valence electrons. The average molecular weight is 301 g/mol. The Morgan fingerprint density at radius 3 is 2.86 bits per heavy atom. The number of carbonyl (C=O) groups excluding carboxylic acids is 1. The number of benzene rings is 1.